The molecule has 0 spiro atoms. The van der Waals surface area contributed by atoms with Crippen molar-refractivity contribution in [2.24, 2.45) is 5.92 Å². The second-order valence-corrected chi connectivity index (χ2v) is 7.46. The molecule has 20 heavy (non-hydrogen) atoms. The summed E-state index contributed by atoms with van der Waals surface area (Å²) < 4.78 is 4.83. The predicted octanol–water partition coefficient (Wildman–Crippen LogP) is 2.99. The van der Waals surface area contributed by atoms with Gasteiger partial charge in [0.05, 0.1) is 7.11 Å². The Morgan fingerprint density at radius 2 is 1.75 bits per heavy atom. The second kappa shape index (κ2) is 7.19. The molecular formula is C16H26NO2P. The molecule has 0 radical (unpaired) electrons. The number of benzene rings is 1. The average Bonchev–Trinajstić information content (AvgIpc) is 2.37. The first-order valence-electron chi connectivity index (χ1n) is 6.95. The lowest BCUT2D eigenvalue weighted by Gasteiger charge is -2.21. The summed E-state index contributed by atoms with van der Waals surface area (Å²) in [5, 5.41) is 4.50. The molecule has 0 aliphatic heterocycles. The maximum absolute atomic E-state index is 11.7. The number of ether oxygens (including phenoxy) is 1. The summed E-state index contributed by atoms with van der Waals surface area (Å²) in [6, 6.07) is 8.32. The molecule has 1 aromatic rings. The van der Waals surface area contributed by atoms with Crippen molar-refractivity contribution in [3.8, 4) is 0 Å². The average molecular weight is 295 g/mol. The summed E-state index contributed by atoms with van der Waals surface area (Å²) >= 11 is 0. The molecule has 112 valence electrons. The summed E-state index contributed by atoms with van der Waals surface area (Å²) in [4.78, 5) is 11.7. The Hall–Kier alpha value is -0.920. The molecule has 1 N–H and O–H groups in total. The lowest BCUT2D eigenvalue weighted by atomic mass is 9.87. The van der Waals surface area contributed by atoms with Crippen LogP contribution in [-0.4, -0.2) is 19.1 Å². The van der Waals surface area contributed by atoms with Gasteiger partial charge in [0.2, 0.25) is 0 Å². The largest absolute Gasteiger partial charge is 0.468 e. The molecule has 4 heteroatoms. The molecule has 0 heterocycles. The Morgan fingerprint density at radius 1 is 1.20 bits per heavy atom. The lowest BCUT2D eigenvalue weighted by Crippen LogP contribution is -2.38. The van der Waals surface area contributed by atoms with Crippen LogP contribution in [0, 0.1) is 5.92 Å². The van der Waals surface area contributed by atoms with Crippen LogP contribution in [0.15, 0.2) is 24.3 Å². The SMILES string of the molecule is COC(=O)[C@@H](NPc1ccc(C(C)(C)C)cc1)C(C)C. The van der Waals surface area contributed by atoms with E-state index in [0.29, 0.717) is 8.73 Å². The zero-order valence-electron chi connectivity index (χ0n) is 13.3. The van der Waals surface area contributed by atoms with Gasteiger partial charge in [-0.05, 0) is 30.9 Å². The Balaban J connectivity index is 2.67. The maximum Gasteiger partial charge on any atom is 0.323 e. The smallest absolute Gasteiger partial charge is 0.323 e. The van der Waals surface area contributed by atoms with Crippen molar-refractivity contribution in [1.82, 2.24) is 5.09 Å². The molecule has 0 saturated carbocycles. The first-order valence-corrected chi connectivity index (χ1v) is 7.95. The molecule has 0 saturated heterocycles. The van der Waals surface area contributed by atoms with Crippen LogP contribution in [0.3, 0.4) is 0 Å². The second-order valence-electron chi connectivity index (χ2n) is 6.34. The highest BCUT2D eigenvalue weighted by Crippen LogP contribution is 2.22. The minimum atomic E-state index is -0.249. The van der Waals surface area contributed by atoms with Gasteiger partial charge in [-0.2, -0.15) is 0 Å². The molecule has 1 aromatic carbocycles. The van der Waals surface area contributed by atoms with Crippen molar-refractivity contribution >= 4 is 20.0 Å². The molecule has 2 atom stereocenters. The number of carbonyl (C=O) groups excluding carboxylic acids is 1. The molecular weight excluding hydrogens is 269 g/mol. The Labute approximate surface area is 124 Å². The van der Waals surface area contributed by atoms with Gasteiger partial charge in [-0.15, -0.1) is 0 Å². The number of rotatable bonds is 5. The van der Waals surface area contributed by atoms with E-state index in [1.165, 1.54) is 18.0 Å². The molecule has 1 rings (SSSR count). The molecule has 1 unspecified atom stereocenters. The van der Waals surface area contributed by atoms with Gasteiger partial charge in [-0.1, -0.05) is 58.9 Å². The van der Waals surface area contributed by atoms with Gasteiger partial charge in [0, 0.05) is 0 Å². The normalized spacial score (nSPS) is 13.9. The Morgan fingerprint density at radius 3 is 2.15 bits per heavy atom. The highest BCUT2D eigenvalue weighted by atomic mass is 31.1. The fraction of sp³-hybridized carbons (Fsp3) is 0.562. The quantitative estimate of drug-likeness (QED) is 0.670. The summed E-state index contributed by atoms with van der Waals surface area (Å²) in [7, 11) is 1.83. The van der Waals surface area contributed by atoms with Crippen molar-refractivity contribution in [2.75, 3.05) is 7.11 Å². The van der Waals surface area contributed by atoms with Crippen LogP contribution in [0.25, 0.3) is 0 Å². The van der Waals surface area contributed by atoms with E-state index in [1.807, 2.05) is 13.8 Å². The van der Waals surface area contributed by atoms with Gasteiger partial charge < -0.3 is 4.74 Å². The standard InChI is InChI=1S/C16H26NO2P/c1-11(2)14(15(18)19-6)17-20-13-9-7-12(8-10-13)16(3,4)5/h7-11,14,17,20H,1-6H3/t14-/m0/s1. The van der Waals surface area contributed by atoms with Crippen molar-refractivity contribution < 1.29 is 9.53 Å². The highest BCUT2D eigenvalue weighted by Gasteiger charge is 2.22. The number of hydrogen-bond donors (Lipinski definition) is 1. The van der Waals surface area contributed by atoms with E-state index < -0.39 is 0 Å². The van der Waals surface area contributed by atoms with Crippen LogP contribution in [0.5, 0.6) is 0 Å². The third-order valence-corrected chi connectivity index (χ3v) is 4.32. The van der Waals surface area contributed by atoms with Gasteiger partial charge in [0.1, 0.15) is 6.04 Å². The lowest BCUT2D eigenvalue weighted by molar-refractivity contribution is -0.143. The van der Waals surface area contributed by atoms with Crippen LogP contribution in [0.2, 0.25) is 0 Å². The van der Waals surface area contributed by atoms with Crippen molar-refractivity contribution in [3.05, 3.63) is 29.8 Å². The number of esters is 1. The zero-order valence-corrected chi connectivity index (χ0v) is 14.3. The van der Waals surface area contributed by atoms with Crippen LogP contribution in [-0.2, 0) is 14.9 Å². The minimum absolute atomic E-state index is 0.168. The third-order valence-electron chi connectivity index (χ3n) is 3.24. The molecule has 0 fully saturated rings. The van der Waals surface area contributed by atoms with E-state index >= 15 is 0 Å². The monoisotopic (exact) mass is 295 g/mol. The number of methoxy groups -OCH3 is 1. The zero-order chi connectivity index (χ0) is 15.3. The fourth-order valence-corrected chi connectivity index (χ4v) is 2.95. The van der Waals surface area contributed by atoms with Crippen LogP contribution < -0.4 is 10.4 Å². The van der Waals surface area contributed by atoms with E-state index in [4.69, 9.17) is 4.74 Å². The topological polar surface area (TPSA) is 38.3 Å². The van der Waals surface area contributed by atoms with E-state index in [1.54, 1.807) is 0 Å². The first kappa shape index (κ1) is 17.1. The predicted molar refractivity (Wildman–Crippen MR) is 86.9 cm³/mol. The Kier molecular flexibility index (Phi) is 6.16. The van der Waals surface area contributed by atoms with Crippen LogP contribution in [0.4, 0.5) is 0 Å². The maximum atomic E-state index is 11.7. The molecule has 0 aromatic heterocycles. The van der Waals surface area contributed by atoms with E-state index in [0.717, 1.165) is 0 Å². The number of nitrogens with one attached hydrogen (secondary N) is 1. The summed E-state index contributed by atoms with van der Waals surface area (Å²) in [6.07, 6.45) is 0. The van der Waals surface area contributed by atoms with Gasteiger partial charge in [0.25, 0.3) is 0 Å². The van der Waals surface area contributed by atoms with Gasteiger partial charge in [-0.25, -0.2) is 0 Å². The van der Waals surface area contributed by atoms with Crippen molar-refractivity contribution in [3.63, 3.8) is 0 Å². The minimum Gasteiger partial charge on any atom is -0.468 e. The third kappa shape index (κ3) is 4.88. The number of hydrogen-bond acceptors (Lipinski definition) is 3. The van der Waals surface area contributed by atoms with Gasteiger partial charge in [-0.3, -0.25) is 9.88 Å². The highest BCUT2D eigenvalue weighted by molar-refractivity contribution is 7.45. The molecule has 0 amide bonds. The van der Waals surface area contributed by atoms with Crippen LogP contribution in [0.1, 0.15) is 40.2 Å². The summed E-state index contributed by atoms with van der Waals surface area (Å²) in [6.45, 7) is 10.6. The molecule has 0 bridgehead atoms. The van der Waals surface area contributed by atoms with E-state index in [9.17, 15) is 4.79 Å². The van der Waals surface area contributed by atoms with Gasteiger partial charge in [0.15, 0.2) is 0 Å². The number of carbonyl (C=O) groups is 1. The Bertz CT molecular complexity index is 435. The molecule has 0 aliphatic rings. The fourth-order valence-electron chi connectivity index (χ4n) is 1.84. The van der Waals surface area contributed by atoms with Gasteiger partial charge >= 0.3 is 5.97 Å². The first-order chi connectivity index (χ1) is 9.25. The van der Waals surface area contributed by atoms with Crippen molar-refractivity contribution in [2.45, 2.75) is 46.1 Å². The van der Waals surface area contributed by atoms with E-state index in [-0.39, 0.29) is 23.3 Å². The van der Waals surface area contributed by atoms with E-state index in [2.05, 4.69) is 50.1 Å². The summed E-state index contributed by atoms with van der Waals surface area (Å²) in [5.41, 5.74) is 1.49. The summed E-state index contributed by atoms with van der Waals surface area (Å²) in [5.74, 6) is 0.0163. The molecule has 0 aliphatic carbocycles. The van der Waals surface area contributed by atoms with Crippen molar-refractivity contribution in [1.29, 1.82) is 0 Å². The molecule has 3 nitrogen and oxygen atoms in total. The van der Waals surface area contributed by atoms with Crippen LogP contribution >= 0.6 is 8.73 Å².